The van der Waals surface area contributed by atoms with Crippen LogP contribution < -0.4 is 5.73 Å². The van der Waals surface area contributed by atoms with Crippen LogP contribution in [0.3, 0.4) is 0 Å². The fourth-order valence-corrected chi connectivity index (χ4v) is 3.79. The SMILES string of the molecule is CC(F)(F)[C@@H](c1ccc(F)cc1)n1cc(-c2ccc(F)c(-c3ccn4nc(N)nc4c3)n2)cn1. The van der Waals surface area contributed by atoms with E-state index in [1.165, 1.54) is 41.2 Å². The van der Waals surface area contributed by atoms with Crippen LogP contribution in [0.1, 0.15) is 18.5 Å². The van der Waals surface area contributed by atoms with Crippen molar-refractivity contribution < 1.29 is 17.6 Å². The monoisotopic (exact) mass is 467 g/mol. The van der Waals surface area contributed by atoms with Crippen molar-refractivity contribution >= 4 is 11.6 Å². The standard InChI is InChI=1S/C23H17F4N7/c1-23(26,27)21(13-2-4-16(24)5-3-13)34-12-15(11-29-34)18-7-6-17(25)20(30-18)14-8-9-33-19(10-14)31-22(28)32-33/h2-12,21H,1H3,(H2,28,32)/t21-/m1/s1. The van der Waals surface area contributed by atoms with E-state index in [2.05, 4.69) is 20.2 Å². The fraction of sp³-hybridized carbons (Fsp3) is 0.130. The lowest BCUT2D eigenvalue weighted by Gasteiger charge is -2.24. The summed E-state index contributed by atoms with van der Waals surface area (Å²) >= 11 is 0. The van der Waals surface area contributed by atoms with Crippen LogP contribution in [0.5, 0.6) is 0 Å². The van der Waals surface area contributed by atoms with Gasteiger partial charge in [-0.1, -0.05) is 12.1 Å². The lowest BCUT2D eigenvalue weighted by atomic mass is 10.0. The first-order valence-electron chi connectivity index (χ1n) is 10.2. The Balaban J connectivity index is 1.54. The molecule has 0 bridgehead atoms. The van der Waals surface area contributed by atoms with Crippen molar-refractivity contribution in [3.05, 3.63) is 84.3 Å². The van der Waals surface area contributed by atoms with E-state index in [0.29, 0.717) is 22.5 Å². The molecular formula is C23H17F4N7. The molecule has 4 heterocycles. The van der Waals surface area contributed by atoms with E-state index < -0.39 is 23.6 Å². The van der Waals surface area contributed by atoms with E-state index >= 15 is 0 Å². The average Bonchev–Trinajstić information content (AvgIpc) is 3.40. The molecule has 0 aliphatic rings. The first-order chi connectivity index (χ1) is 16.2. The molecule has 5 rings (SSSR count). The van der Waals surface area contributed by atoms with Crippen LogP contribution in [0, 0.1) is 11.6 Å². The van der Waals surface area contributed by atoms with Gasteiger partial charge in [-0.2, -0.15) is 10.1 Å². The molecular weight excluding hydrogens is 450 g/mol. The van der Waals surface area contributed by atoms with Gasteiger partial charge in [-0.05, 0) is 42.0 Å². The second kappa shape index (κ2) is 7.94. The number of halogens is 4. The Morgan fingerprint density at radius 2 is 1.74 bits per heavy atom. The molecule has 7 nitrogen and oxygen atoms in total. The third kappa shape index (κ3) is 3.96. The van der Waals surface area contributed by atoms with Gasteiger partial charge >= 0.3 is 0 Å². The highest BCUT2D eigenvalue weighted by atomic mass is 19.3. The molecule has 4 aromatic heterocycles. The molecule has 2 N–H and O–H groups in total. The van der Waals surface area contributed by atoms with Gasteiger partial charge in [0.15, 0.2) is 5.65 Å². The van der Waals surface area contributed by atoms with Crippen molar-refractivity contribution in [1.29, 1.82) is 0 Å². The summed E-state index contributed by atoms with van der Waals surface area (Å²) in [5.41, 5.74) is 7.44. The molecule has 0 amide bonds. The lowest BCUT2D eigenvalue weighted by Crippen LogP contribution is -2.29. The van der Waals surface area contributed by atoms with Gasteiger partial charge in [-0.15, -0.1) is 5.10 Å². The van der Waals surface area contributed by atoms with Gasteiger partial charge in [0.25, 0.3) is 5.92 Å². The van der Waals surface area contributed by atoms with E-state index in [1.54, 1.807) is 18.3 Å². The van der Waals surface area contributed by atoms with Crippen molar-refractivity contribution in [2.24, 2.45) is 0 Å². The molecule has 5 aromatic rings. The van der Waals surface area contributed by atoms with Crippen molar-refractivity contribution in [3.8, 4) is 22.5 Å². The van der Waals surface area contributed by atoms with Crippen LogP contribution in [-0.4, -0.2) is 35.3 Å². The number of nitrogen functional groups attached to an aromatic ring is 1. The Hall–Kier alpha value is -4.28. The highest BCUT2D eigenvalue weighted by molar-refractivity contribution is 5.68. The molecule has 0 saturated heterocycles. The number of fused-ring (bicyclic) bond motifs is 1. The zero-order valence-corrected chi connectivity index (χ0v) is 17.7. The summed E-state index contributed by atoms with van der Waals surface area (Å²) < 4.78 is 59.5. The minimum Gasteiger partial charge on any atom is -0.366 e. The summed E-state index contributed by atoms with van der Waals surface area (Å²) in [6.45, 7) is 0.768. The Morgan fingerprint density at radius 1 is 0.971 bits per heavy atom. The maximum atomic E-state index is 14.6. The number of pyridine rings is 2. The fourth-order valence-electron chi connectivity index (χ4n) is 3.79. The summed E-state index contributed by atoms with van der Waals surface area (Å²) in [6, 6.07) is 9.22. The average molecular weight is 467 g/mol. The third-order valence-electron chi connectivity index (χ3n) is 5.30. The topological polar surface area (TPSA) is 86.9 Å². The van der Waals surface area contributed by atoms with Gasteiger partial charge in [0, 0.05) is 30.4 Å². The molecule has 0 fully saturated rings. The Kier molecular flexibility index (Phi) is 5.03. The van der Waals surface area contributed by atoms with Crippen molar-refractivity contribution in [2.75, 3.05) is 5.73 Å². The van der Waals surface area contributed by atoms with E-state index in [9.17, 15) is 17.6 Å². The van der Waals surface area contributed by atoms with Crippen LogP contribution in [0.25, 0.3) is 28.2 Å². The van der Waals surface area contributed by atoms with E-state index in [0.717, 1.165) is 23.7 Å². The molecule has 1 aromatic carbocycles. The molecule has 172 valence electrons. The number of rotatable bonds is 5. The number of aromatic nitrogens is 6. The van der Waals surface area contributed by atoms with E-state index in [1.807, 2.05) is 0 Å². The minimum absolute atomic E-state index is 0.0465. The number of nitrogens with zero attached hydrogens (tertiary/aromatic N) is 6. The van der Waals surface area contributed by atoms with Gasteiger partial charge in [0.2, 0.25) is 5.95 Å². The summed E-state index contributed by atoms with van der Waals surface area (Å²) in [6.07, 6.45) is 4.35. The molecule has 11 heteroatoms. The highest BCUT2D eigenvalue weighted by Crippen LogP contribution is 2.35. The Labute approximate surface area is 190 Å². The number of nitrogens with two attached hydrogens (primary N) is 1. The molecule has 0 spiro atoms. The normalized spacial score (nSPS) is 12.9. The van der Waals surface area contributed by atoms with Crippen LogP contribution >= 0.6 is 0 Å². The molecule has 0 saturated carbocycles. The van der Waals surface area contributed by atoms with Gasteiger partial charge in [0.1, 0.15) is 23.4 Å². The van der Waals surface area contributed by atoms with Gasteiger partial charge in [-0.25, -0.2) is 27.1 Å². The number of hydrogen-bond donors (Lipinski definition) is 1. The van der Waals surface area contributed by atoms with Gasteiger partial charge in [-0.3, -0.25) is 4.68 Å². The first kappa shape index (κ1) is 21.6. The number of alkyl halides is 2. The summed E-state index contributed by atoms with van der Waals surface area (Å²) in [4.78, 5) is 8.45. The Bertz CT molecular complexity index is 1490. The molecule has 0 radical (unpaired) electrons. The summed E-state index contributed by atoms with van der Waals surface area (Å²) in [7, 11) is 0. The zero-order valence-electron chi connectivity index (χ0n) is 17.7. The van der Waals surface area contributed by atoms with Crippen LogP contribution in [0.2, 0.25) is 0 Å². The Morgan fingerprint density at radius 3 is 2.47 bits per heavy atom. The number of benzene rings is 1. The quantitative estimate of drug-likeness (QED) is 0.377. The van der Waals surface area contributed by atoms with Crippen LogP contribution in [0.15, 0.2) is 67.1 Å². The van der Waals surface area contributed by atoms with Crippen molar-refractivity contribution in [1.82, 2.24) is 29.4 Å². The van der Waals surface area contributed by atoms with Crippen LogP contribution in [-0.2, 0) is 0 Å². The lowest BCUT2D eigenvalue weighted by molar-refractivity contribution is -0.0217. The predicted molar refractivity (Wildman–Crippen MR) is 117 cm³/mol. The number of hydrogen-bond acceptors (Lipinski definition) is 5. The second-order valence-electron chi connectivity index (χ2n) is 7.83. The van der Waals surface area contributed by atoms with Gasteiger partial charge in [0.05, 0.1) is 11.9 Å². The summed E-state index contributed by atoms with van der Waals surface area (Å²) in [5.74, 6) is -4.22. The van der Waals surface area contributed by atoms with Crippen LogP contribution in [0.4, 0.5) is 23.5 Å². The van der Waals surface area contributed by atoms with E-state index in [-0.39, 0.29) is 17.2 Å². The smallest absolute Gasteiger partial charge is 0.271 e. The number of anilines is 1. The zero-order chi connectivity index (χ0) is 24.0. The predicted octanol–water partition coefficient (Wildman–Crippen LogP) is 4.76. The highest BCUT2D eigenvalue weighted by Gasteiger charge is 2.37. The van der Waals surface area contributed by atoms with Gasteiger partial charge < -0.3 is 5.73 Å². The summed E-state index contributed by atoms with van der Waals surface area (Å²) in [5, 5.41) is 8.08. The minimum atomic E-state index is -3.20. The first-order valence-corrected chi connectivity index (χ1v) is 10.2. The van der Waals surface area contributed by atoms with Crippen molar-refractivity contribution in [2.45, 2.75) is 18.9 Å². The second-order valence-corrected chi connectivity index (χ2v) is 7.83. The third-order valence-corrected chi connectivity index (χ3v) is 5.30. The van der Waals surface area contributed by atoms with E-state index in [4.69, 9.17) is 5.73 Å². The molecule has 0 aliphatic carbocycles. The maximum Gasteiger partial charge on any atom is 0.271 e. The largest absolute Gasteiger partial charge is 0.366 e. The molecule has 1 atom stereocenters. The molecule has 34 heavy (non-hydrogen) atoms. The molecule has 0 aliphatic heterocycles. The maximum absolute atomic E-state index is 14.6. The van der Waals surface area contributed by atoms with Crippen molar-refractivity contribution in [3.63, 3.8) is 0 Å². The molecule has 0 unspecified atom stereocenters.